The Kier molecular flexibility index (Phi) is 30.1. The first-order valence-corrected chi connectivity index (χ1v) is 14.4. The Hall–Kier alpha value is -0.703. The second-order valence-electron chi connectivity index (χ2n) is 7.42. The number of carbonyl (C=O) groups excluding carboxylic acids is 2. The average Bonchev–Trinajstić information content (AvgIpc) is 2.92. The van der Waals surface area contributed by atoms with E-state index in [1.165, 1.54) is 25.7 Å². The number of aldehydes is 1. The van der Waals surface area contributed by atoms with Crippen molar-refractivity contribution in [3.05, 3.63) is 73.4 Å². The minimum absolute atomic E-state index is 0. The van der Waals surface area contributed by atoms with Gasteiger partial charge >= 0.3 is 18.9 Å². The van der Waals surface area contributed by atoms with E-state index in [1.54, 1.807) is 0 Å². The van der Waals surface area contributed by atoms with E-state index in [1.807, 2.05) is 18.7 Å². The summed E-state index contributed by atoms with van der Waals surface area (Å²) >= 11 is 8.96. The molecule has 1 fully saturated rings. The van der Waals surface area contributed by atoms with Crippen molar-refractivity contribution < 1.29 is 50.7 Å². The van der Waals surface area contributed by atoms with Gasteiger partial charge in [-0.25, -0.2) is 17.6 Å². The predicted octanol–water partition coefficient (Wildman–Crippen LogP) is 6.33. The number of amides is 1. The molecule has 2 aromatic carbocycles. The molecule has 39 heavy (non-hydrogen) atoms. The van der Waals surface area contributed by atoms with Crippen LogP contribution in [0.3, 0.4) is 0 Å². The molecule has 0 aromatic heterocycles. The summed E-state index contributed by atoms with van der Waals surface area (Å²) in [5.41, 5.74) is 0.101. The molecule has 0 radical (unpaired) electrons. The van der Waals surface area contributed by atoms with Gasteiger partial charge in [-0.2, -0.15) is 6.42 Å². The van der Waals surface area contributed by atoms with Crippen molar-refractivity contribution in [1.29, 1.82) is 0 Å². The molecule has 1 saturated heterocycles. The second-order valence-corrected chi connectivity index (χ2v) is 9.99. The average molecular weight is 744 g/mol. The molecular weight excluding hydrogens is 709 g/mol. The van der Waals surface area contributed by atoms with Crippen molar-refractivity contribution in [2.24, 2.45) is 0 Å². The van der Waals surface area contributed by atoms with Crippen LogP contribution in [0.5, 0.6) is 0 Å². The maximum Gasteiger partial charge on any atom is 1.00 e. The molecule has 0 unspecified atom stereocenters. The molecule has 0 aliphatic carbocycles. The van der Waals surface area contributed by atoms with E-state index < -0.39 is 23.3 Å². The third kappa shape index (κ3) is 21.7. The number of likely N-dealkylation sites (tertiary alicyclic amines) is 1. The van der Waals surface area contributed by atoms with Gasteiger partial charge in [0, 0.05) is 45.3 Å². The van der Waals surface area contributed by atoms with E-state index in [4.69, 9.17) is 4.74 Å². The third-order valence-electron chi connectivity index (χ3n) is 4.43. The number of piperidine rings is 1. The smallest absolute Gasteiger partial charge is 0.382 e. The standard InChI is InChI=1S/C7H3BrF2O.C6H2Br2F2.C6H11NO.C4H10O.C4H9.Li/c8-5-2-7(10)6(9)1-4(5)3-11;7-3-1-5(9)6(10)2-4(3)8;8-6-7-4-2-1-3-5-7;1-3-5-4-2;1-3-4-2;/h1-3H;1-2H;6H,1-5H2;3-4H2,1-2H3;1,3-4H2,2H3;/q;;;;-1;+1. The van der Waals surface area contributed by atoms with E-state index in [2.05, 4.69) is 61.6 Å². The molecule has 0 spiro atoms. The van der Waals surface area contributed by atoms with E-state index in [-0.39, 0.29) is 28.9 Å². The van der Waals surface area contributed by atoms with Crippen LogP contribution in [0.15, 0.2) is 37.7 Å². The zero-order valence-corrected chi connectivity index (χ0v) is 27.6. The molecule has 2 aromatic rings. The molecule has 4 nitrogen and oxygen atoms in total. The van der Waals surface area contributed by atoms with Gasteiger partial charge < -0.3 is 16.6 Å². The van der Waals surface area contributed by atoms with Crippen molar-refractivity contribution in [3.63, 3.8) is 0 Å². The number of nitrogens with zero attached hydrogens (tertiary/aromatic N) is 1. The monoisotopic (exact) mass is 741 g/mol. The molecule has 1 aliphatic heterocycles. The number of benzene rings is 2. The largest absolute Gasteiger partial charge is 1.00 e. The molecule has 1 aliphatic rings. The summed E-state index contributed by atoms with van der Waals surface area (Å²) in [5, 5.41) is 0. The van der Waals surface area contributed by atoms with Crippen LogP contribution in [0, 0.1) is 30.2 Å². The second kappa shape index (κ2) is 27.5. The van der Waals surface area contributed by atoms with Gasteiger partial charge in [0.1, 0.15) is 0 Å². The molecular formula is C27H35Br3F4LiNO3. The number of ether oxygens (including phenoxy) is 1. The van der Waals surface area contributed by atoms with Crippen LogP contribution in [-0.4, -0.2) is 43.9 Å². The Balaban J connectivity index is -0.000000432. The minimum atomic E-state index is -1.02. The van der Waals surface area contributed by atoms with Crippen molar-refractivity contribution in [2.45, 2.75) is 52.9 Å². The van der Waals surface area contributed by atoms with Gasteiger partial charge in [0.15, 0.2) is 29.6 Å². The van der Waals surface area contributed by atoms with Crippen LogP contribution in [0.25, 0.3) is 0 Å². The third-order valence-corrected chi connectivity index (χ3v) is 6.96. The molecule has 0 atom stereocenters. The van der Waals surface area contributed by atoms with E-state index >= 15 is 0 Å². The van der Waals surface area contributed by atoms with Gasteiger partial charge in [-0.1, -0.05) is 13.3 Å². The SMILES string of the molecule is CCOCC.Fc1cc(Br)c(Br)cc1F.O=CN1CCCCC1.O=Cc1cc(F)c(F)cc1Br.[CH2-]CCC.[Li+]. The van der Waals surface area contributed by atoms with E-state index in [0.29, 0.717) is 15.2 Å². The Labute approximate surface area is 267 Å². The summed E-state index contributed by atoms with van der Waals surface area (Å²) in [6.45, 7) is 13.3. The fraction of sp³-hybridized carbons (Fsp3) is 0.444. The van der Waals surface area contributed by atoms with Crippen molar-refractivity contribution >= 4 is 60.5 Å². The topological polar surface area (TPSA) is 46.6 Å². The summed E-state index contributed by atoms with van der Waals surface area (Å²) in [6.07, 6.45) is 7.35. The van der Waals surface area contributed by atoms with Crippen molar-refractivity contribution in [2.75, 3.05) is 26.3 Å². The van der Waals surface area contributed by atoms with Gasteiger partial charge in [-0.05, 0) is 105 Å². The van der Waals surface area contributed by atoms with Gasteiger partial charge in [0.2, 0.25) is 6.41 Å². The number of unbranched alkanes of at least 4 members (excludes halogenated alkanes) is 1. The molecule has 3 rings (SSSR count). The summed E-state index contributed by atoms with van der Waals surface area (Å²) in [4.78, 5) is 22.1. The van der Waals surface area contributed by atoms with Crippen molar-refractivity contribution in [1.82, 2.24) is 4.90 Å². The molecule has 0 N–H and O–H groups in total. The number of halogens is 7. The van der Waals surface area contributed by atoms with Gasteiger partial charge in [0.25, 0.3) is 0 Å². The van der Waals surface area contributed by atoms with Crippen molar-refractivity contribution in [3.8, 4) is 0 Å². The minimum Gasteiger partial charge on any atom is -0.382 e. The van der Waals surface area contributed by atoms with Crippen LogP contribution >= 0.6 is 47.8 Å². The first-order valence-electron chi connectivity index (χ1n) is 12.0. The Morgan fingerprint density at radius 2 is 1.18 bits per heavy atom. The molecule has 1 amide bonds. The summed E-state index contributed by atoms with van der Waals surface area (Å²) in [7, 11) is 0. The fourth-order valence-corrected chi connectivity index (χ4v) is 3.39. The Bertz CT molecular complexity index is 883. The quantitative estimate of drug-likeness (QED) is 0.118. The molecule has 1 heterocycles. The first kappa shape index (κ1) is 42.8. The molecule has 216 valence electrons. The maximum absolute atomic E-state index is 12.4. The predicted molar refractivity (Wildman–Crippen MR) is 155 cm³/mol. The number of hydrogen-bond acceptors (Lipinski definition) is 3. The zero-order chi connectivity index (χ0) is 29.5. The van der Waals surface area contributed by atoms with Gasteiger partial charge in [-0.15, -0.1) is 0 Å². The molecule has 0 saturated carbocycles. The van der Waals surface area contributed by atoms with Crippen LogP contribution in [-0.2, 0) is 9.53 Å². The fourth-order valence-electron chi connectivity index (χ4n) is 2.35. The normalized spacial score (nSPS) is 11.4. The number of hydrogen-bond donors (Lipinski definition) is 0. The van der Waals surface area contributed by atoms with E-state index in [0.717, 1.165) is 63.4 Å². The van der Waals surface area contributed by atoms with Crippen LogP contribution < -0.4 is 18.9 Å². The molecule has 0 bridgehead atoms. The first-order chi connectivity index (χ1) is 18.0. The maximum atomic E-state index is 12.4. The van der Waals surface area contributed by atoms with Gasteiger partial charge in [0.05, 0.1) is 0 Å². The molecule has 12 heteroatoms. The van der Waals surface area contributed by atoms with Crippen LogP contribution in [0.2, 0.25) is 0 Å². The summed E-state index contributed by atoms with van der Waals surface area (Å²) < 4.78 is 55.5. The zero-order valence-electron chi connectivity index (χ0n) is 22.9. The van der Waals surface area contributed by atoms with Crippen LogP contribution in [0.4, 0.5) is 17.6 Å². The Morgan fingerprint density at radius 1 is 0.795 bits per heavy atom. The number of rotatable bonds is 5. The number of carbonyl (C=O) groups is 2. The van der Waals surface area contributed by atoms with Gasteiger partial charge in [-0.3, -0.25) is 9.59 Å². The van der Waals surface area contributed by atoms with Crippen LogP contribution in [0.1, 0.15) is 63.2 Å². The van der Waals surface area contributed by atoms with E-state index in [9.17, 15) is 27.2 Å². The Morgan fingerprint density at radius 3 is 1.46 bits per heavy atom. The summed E-state index contributed by atoms with van der Waals surface area (Å²) in [6, 6.07) is 3.89. The summed E-state index contributed by atoms with van der Waals surface area (Å²) in [5.74, 6) is -3.69.